The quantitative estimate of drug-likeness (QED) is 0.856. The number of carboxylic acid groups (broad SMARTS) is 1. The van der Waals surface area contributed by atoms with E-state index in [1.165, 1.54) is 13.8 Å². The van der Waals surface area contributed by atoms with Gasteiger partial charge in [-0.05, 0) is 26.0 Å². The Morgan fingerprint density at radius 1 is 1.10 bits per heavy atom. The van der Waals surface area contributed by atoms with Crippen molar-refractivity contribution in [2.45, 2.75) is 19.9 Å². The van der Waals surface area contributed by atoms with Gasteiger partial charge in [0, 0.05) is 0 Å². The fourth-order valence-corrected chi connectivity index (χ4v) is 2.05. The maximum atomic E-state index is 13.1. The number of benzene rings is 1. The molecule has 0 aromatic heterocycles. The summed E-state index contributed by atoms with van der Waals surface area (Å²) in [5.41, 5.74) is -0.503. The van der Waals surface area contributed by atoms with Crippen molar-refractivity contribution in [1.82, 2.24) is 4.90 Å². The van der Waals surface area contributed by atoms with E-state index in [0.717, 1.165) is 4.90 Å². The van der Waals surface area contributed by atoms with Crippen LogP contribution in [0.3, 0.4) is 0 Å². The maximum absolute atomic E-state index is 13.1. The average molecular weight is 283 g/mol. The number of aliphatic carboxylic acids is 1. The Balaban J connectivity index is 2.45. The highest BCUT2D eigenvalue weighted by Crippen LogP contribution is 2.28. The number of carbonyl (C=O) groups is 3. The first-order chi connectivity index (χ1) is 9.25. The third-order valence-corrected chi connectivity index (χ3v) is 3.48. The highest BCUT2D eigenvalue weighted by atomic mass is 19.2. The Morgan fingerprint density at radius 3 is 1.85 bits per heavy atom. The van der Waals surface area contributed by atoms with E-state index in [1.54, 1.807) is 0 Å². The number of fused-ring (bicyclic) bond motifs is 1. The van der Waals surface area contributed by atoms with E-state index in [4.69, 9.17) is 5.11 Å². The first-order valence-corrected chi connectivity index (χ1v) is 5.85. The lowest BCUT2D eigenvalue weighted by Crippen LogP contribution is -2.43. The summed E-state index contributed by atoms with van der Waals surface area (Å²) in [6.07, 6.45) is 0. The number of nitrogens with zero attached hydrogens (tertiary/aromatic N) is 1. The van der Waals surface area contributed by atoms with E-state index in [-0.39, 0.29) is 11.1 Å². The van der Waals surface area contributed by atoms with Crippen molar-refractivity contribution in [2.24, 2.45) is 5.92 Å². The molecule has 1 N–H and O–H groups in total. The SMILES string of the molecule is CC(C(=O)O)C(C)N1C(=O)c2cc(F)c(F)cc2C1=O. The molecule has 2 rings (SSSR count). The molecule has 1 aromatic carbocycles. The molecule has 0 spiro atoms. The third-order valence-electron chi connectivity index (χ3n) is 3.48. The van der Waals surface area contributed by atoms with Crippen LogP contribution in [-0.2, 0) is 4.79 Å². The molecule has 0 saturated heterocycles. The first-order valence-electron chi connectivity index (χ1n) is 5.85. The second kappa shape index (κ2) is 4.66. The van der Waals surface area contributed by atoms with Crippen molar-refractivity contribution in [3.05, 3.63) is 34.9 Å². The van der Waals surface area contributed by atoms with Crippen LogP contribution in [0.15, 0.2) is 12.1 Å². The topological polar surface area (TPSA) is 74.7 Å². The van der Waals surface area contributed by atoms with Gasteiger partial charge in [0.15, 0.2) is 11.6 Å². The second-order valence-corrected chi connectivity index (χ2v) is 4.66. The van der Waals surface area contributed by atoms with Crippen LogP contribution in [0.5, 0.6) is 0 Å². The Labute approximate surface area is 112 Å². The summed E-state index contributed by atoms with van der Waals surface area (Å²) in [5, 5.41) is 8.92. The summed E-state index contributed by atoms with van der Waals surface area (Å²) in [6.45, 7) is 2.74. The molecule has 20 heavy (non-hydrogen) atoms. The van der Waals surface area contributed by atoms with Gasteiger partial charge in [0.1, 0.15) is 0 Å². The molecule has 0 bridgehead atoms. The molecule has 2 amide bonds. The van der Waals surface area contributed by atoms with E-state index in [1.807, 2.05) is 0 Å². The number of imide groups is 1. The highest BCUT2D eigenvalue weighted by molar-refractivity contribution is 6.21. The molecular weight excluding hydrogens is 272 g/mol. The van der Waals surface area contributed by atoms with Crippen molar-refractivity contribution in [3.63, 3.8) is 0 Å². The zero-order valence-electron chi connectivity index (χ0n) is 10.7. The van der Waals surface area contributed by atoms with Crippen LogP contribution in [0.2, 0.25) is 0 Å². The Hall–Kier alpha value is -2.31. The molecule has 0 radical (unpaired) electrons. The minimum atomic E-state index is -1.23. The predicted octanol–water partition coefficient (Wildman–Crippen LogP) is 1.67. The fourth-order valence-electron chi connectivity index (χ4n) is 2.05. The molecule has 0 fully saturated rings. The lowest BCUT2D eigenvalue weighted by atomic mass is 10.0. The van der Waals surface area contributed by atoms with Gasteiger partial charge in [-0.3, -0.25) is 19.3 Å². The number of hydrogen-bond donors (Lipinski definition) is 1. The summed E-state index contributed by atoms with van der Waals surface area (Å²) < 4.78 is 26.3. The van der Waals surface area contributed by atoms with Gasteiger partial charge in [0.05, 0.1) is 23.1 Å². The molecule has 2 atom stereocenters. The lowest BCUT2D eigenvalue weighted by Gasteiger charge is -2.25. The van der Waals surface area contributed by atoms with Gasteiger partial charge >= 0.3 is 5.97 Å². The largest absolute Gasteiger partial charge is 0.481 e. The van der Waals surface area contributed by atoms with Crippen molar-refractivity contribution < 1.29 is 28.3 Å². The molecule has 0 aliphatic carbocycles. The summed E-state index contributed by atoms with van der Waals surface area (Å²) in [6, 6.07) is 0.387. The van der Waals surface area contributed by atoms with Gasteiger partial charge < -0.3 is 5.11 Å². The zero-order chi connectivity index (χ0) is 15.2. The summed E-state index contributed by atoms with van der Waals surface area (Å²) in [5.74, 6) is -6.26. The van der Waals surface area contributed by atoms with Crippen molar-refractivity contribution >= 4 is 17.8 Å². The number of rotatable bonds is 3. The van der Waals surface area contributed by atoms with Crippen LogP contribution in [0, 0.1) is 17.6 Å². The molecule has 2 unspecified atom stereocenters. The van der Waals surface area contributed by atoms with Crippen LogP contribution >= 0.6 is 0 Å². The average Bonchev–Trinajstić information content (AvgIpc) is 2.61. The monoisotopic (exact) mass is 283 g/mol. The van der Waals surface area contributed by atoms with Crippen LogP contribution in [0.25, 0.3) is 0 Å². The number of carbonyl (C=O) groups excluding carboxylic acids is 2. The van der Waals surface area contributed by atoms with Crippen LogP contribution in [0.4, 0.5) is 8.78 Å². The van der Waals surface area contributed by atoms with Gasteiger partial charge in [0.25, 0.3) is 11.8 Å². The third kappa shape index (κ3) is 1.95. The smallest absolute Gasteiger partial charge is 0.308 e. The van der Waals surface area contributed by atoms with Crippen molar-refractivity contribution in [2.75, 3.05) is 0 Å². The van der Waals surface area contributed by atoms with Crippen molar-refractivity contribution in [1.29, 1.82) is 0 Å². The van der Waals surface area contributed by atoms with E-state index in [2.05, 4.69) is 0 Å². The summed E-state index contributed by atoms with van der Waals surface area (Å²) in [4.78, 5) is 35.8. The minimum absolute atomic E-state index is 0.252. The van der Waals surface area contributed by atoms with Gasteiger partial charge in [-0.2, -0.15) is 0 Å². The number of halogens is 2. The Kier molecular flexibility index (Phi) is 3.29. The summed E-state index contributed by atoms with van der Waals surface area (Å²) in [7, 11) is 0. The standard InChI is InChI=1S/C13H11F2NO4/c1-5(13(19)20)6(2)16-11(17)7-3-9(14)10(15)4-8(7)12(16)18/h3-6H,1-2H3,(H,19,20). The molecular formula is C13H11F2NO4. The Morgan fingerprint density at radius 2 is 1.50 bits per heavy atom. The zero-order valence-corrected chi connectivity index (χ0v) is 10.7. The van der Waals surface area contributed by atoms with Gasteiger partial charge in [0.2, 0.25) is 0 Å². The second-order valence-electron chi connectivity index (χ2n) is 4.66. The number of hydrogen-bond acceptors (Lipinski definition) is 3. The first kappa shape index (κ1) is 14.1. The van der Waals surface area contributed by atoms with Crippen LogP contribution < -0.4 is 0 Å². The van der Waals surface area contributed by atoms with E-state index < -0.39 is 41.4 Å². The molecule has 5 nitrogen and oxygen atoms in total. The Bertz CT molecular complexity index is 588. The number of carboxylic acids is 1. The minimum Gasteiger partial charge on any atom is -0.481 e. The van der Waals surface area contributed by atoms with E-state index in [0.29, 0.717) is 12.1 Å². The molecule has 1 heterocycles. The van der Waals surface area contributed by atoms with Crippen molar-refractivity contribution in [3.8, 4) is 0 Å². The highest BCUT2D eigenvalue weighted by Gasteiger charge is 2.42. The van der Waals surface area contributed by atoms with Gasteiger partial charge in [-0.1, -0.05) is 0 Å². The molecule has 7 heteroatoms. The molecule has 1 aliphatic rings. The van der Waals surface area contributed by atoms with Gasteiger partial charge in [-0.15, -0.1) is 0 Å². The molecule has 1 aromatic rings. The molecule has 0 saturated carbocycles. The predicted molar refractivity (Wildman–Crippen MR) is 63.1 cm³/mol. The van der Waals surface area contributed by atoms with E-state index in [9.17, 15) is 23.2 Å². The fraction of sp³-hybridized carbons (Fsp3) is 0.308. The molecule has 106 valence electrons. The van der Waals surface area contributed by atoms with Crippen LogP contribution in [0.1, 0.15) is 34.6 Å². The van der Waals surface area contributed by atoms with E-state index >= 15 is 0 Å². The molecule has 1 aliphatic heterocycles. The lowest BCUT2D eigenvalue weighted by molar-refractivity contribution is -0.142. The van der Waals surface area contributed by atoms with Crippen LogP contribution in [-0.4, -0.2) is 33.8 Å². The maximum Gasteiger partial charge on any atom is 0.308 e. The summed E-state index contributed by atoms with van der Waals surface area (Å²) >= 11 is 0. The normalized spacial score (nSPS) is 17.1. The number of amides is 2. The van der Waals surface area contributed by atoms with Gasteiger partial charge in [-0.25, -0.2) is 8.78 Å².